The van der Waals surface area contributed by atoms with Crippen LogP contribution >= 0.6 is 0 Å². The summed E-state index contributed by atoms with van der Waals surface area (Å²) in [5, 5.41) is 11.4. The summed E-state index contributed by atoms with van der Waals surface area (Å²) in [6.45, 7) is 5.66. The number of aromatic nitrogens is 2. The standard InChI is InChI=1S/C19H18N2O2/c1-11-8-9-15-16(12(11)2)20-17-14-7-5-4-6-13(14)10-19(3,23)21(17)18(15)22/h4-9,23H,10H2,1-3H3. The highest BCUT2D eigenvalue weighted by atomic mass is 16.3. The minimum Gasteiger partial charge on any atom is -0.370 e. The molecule has 23 heavy (non-hydrogen) atoms. The second-order valence-electron chi connectivity index (χ2n) is 6.53. The fraction of sp³-hybridized carbons (Fsp3) is 0.263. The lowest BCUT2D eigenvalue weighted by Gasteiger charge is -2.34. The second kappa shape index (κ2) is 4.52. The Morgan fingerprint density at radius 3 is 2.70 bits per heavy atom. The predicted octanol–water partition coefficient (Wildman–Crippen LogP) is 2.90. The lowest BCUT2D eigenvalue weighted by molar-refractivity contribution is -0.0225. The third-order valence-corrected chi connectivity index (χ3v) is 4.83. The molecule has 0 radical (unpaired) electrons. The zero-order chi connectivity index (χ0) is 16.4. The van der Waals surface area contributed by atoms with Crippen molar-refractivity contribution in [3.8, 4) is 11.4 Å². The van der Waals surface area contributed by atoms with Gasteiger partial charge in [0.1, 0.15) is 11.5 Å². The molecule has 116 valence electrons. The van der Waals surface area contributed by atoms with Crippen LogP contribution in [-0.2, 0) is 12.1 Å². The van der Waals surface area contributed by atoms with E-state index in [2.05, 4.69) is 0 Å². The van der Waals surface area contributed by atoms with Crippen LogP contribution in [0.1, 0.15) is 23.6 Å². The normalized spacial score (nSPS) is 19.5. The SMILES string of the molecule is Cc1ccc2c(=O)n3c(nc2c1C)-c1ccccc1CC3(C)O. The number of hydrogen-bond donors (Lipinski definition) is 1. The van der Waals surface area contributed by atoms with E-state index in [-0.39, 0.29) is 5.56 Å². The van der Waals surface area contributed by atoms with E-state index in [0.717, 1.165) is 22.3 Å². The Morgan fingerprint density at radius 2 is 1.91 bits per heavy atom. The van der Waals surface area contributed by atoms with Crippen LogP contribution < -0.4 is 5.56 Å². The van der Waals surface area contributed by atoms with Gasteiger partial charge in [0.25, 0.3) is 5.56 Å². The molecule has 4 rings (SSSR count). The van der Waals surface area contributed by atoms with E-state index in [1.807, 2.05) is 44.2 Å². The Labute approximate surface area is 134 Å². The third kappa shape index (κ3) is 1.88. The van der Waals surface area contributed by atoms with E-state index in [9.17, 15) is 9.90 Å². The van der Waals surface area contributed by atoms with Gasteiger partial charge in [-0.05, 0) is 43.5 Å². The molecule has 4 nitrogen and oxygen atoms in total. The monoisotopic (exact) mass is 306 g/mol. The van der Waals surface area contributed by atoms with Gasteiger partial charge in [0, 0.05) is 12.0 Å². The first kappa shape index (κ1) is 14.2. The van der Waals surface area contributed by atoms with Crippen molar-refractivity contribution in [2.45, 2.75) is 32.9 Å². The lowest BCUT2D eigenvalue weighted by atomic mass is 9.93. The van der Waals surface area contributed by atoms with Gasteiger partial charge in [-0.1, -0.05) is 30.3 Å². The Kier molecular flexibility index (Phi) is 2.78. The van der Waals surface area contributed by atoms with Crippen molar-refractivity contribution in [2.24, 2.45) is 0 Å². The van der Waals surface area contributed by atoms with Gasteiger partial charge in [0.2, 0.25) is 0 Å². The third-order valence-electron chi connectivity index (χ3n) is 4.83. The minimum atomic E-state index is -1.28. The van der Waals surface area contributed by atoms with Gasteiger partial charge >= 0.3 is 0 Å². The van der Waals surface area contributed by atoms with Gasteiger partial charge in [-0.25, -0.2) is 4.98 Å². The molecule has 0 aliphatic carbocycles. The van der Waals surface area contributed by atoms with E-state index in [1.165, 1.54) is 4.57 Å². The van der Waals surface area contributed by atoms with Crippen molar-refractivity contribution in [3.05, 3.63) is 63.4 Å². The summed E-state index contributed by atoms with van der Waals surface area (Å²) in [6.07, 6.45) is 0.397. The quantitative estimate of drug-likeness (QED) is 0.695. The molecule has 1 aliphatic heterocycles. The molecule has 0 bridgehead atoms. The van der Waals surface area contributed by atoms with Crippen LogP contribution in [0.25, 0.3) is 22.3 Å². The van der Waals surface area contributed by atoms with Gasteiger partial charge in [-0.15, -0.1) is 0 Å². The average molecular weight is 306 g/mol. The van der Waals surface area contributed by atoms with E-state index < -0.39 is 5.72 Å². The van der Waals surface area contributed by atoms with Gasteiger partial charge < -0.3 is 5.11 Å². The Hall–Kier alpha value is -2.46. The van der Waals surface area contributed by atoms with Crippen molar-refractivity contribution < 1.29 is 5.11 Å². The first-order valence-corrected chi connectivity index (χ1v) is 7.74. The smallest absolute Gasteiger partial charge is 0.264 e. The van der Waals surface area contributed by atoms with Crippen molar-refractivity contribution in [3.63, 3.8) is 0 Å². The highest BCUT2D eigenvalue weighted by molar-refractivity contribution is 5.84. The van der Waals surface area contributed by atoms with Crippen LogP contribution in [-0.4, -0.2) is 14.7 Å². The lowest BCUT2D eigenvalue weighted by Crippen LogP contribution is -2.44. The van der Waals surface area contributed by atoms with E-state index in [1.54, 1.807) is 13.0 Å². The first-order valence-electron chi connectivity index (χ1n) is 7.74. The Bertz CT molecular complexity index is 1020. The molecule has 2 aromatic carbocycles. The van der Waals surface area contributed by atoms with Crippen molar-refractivity contribution in [1.29, 1.82) is 0 Å². The topological polar surface area (TPSA) is 55.1 Å². The minimum absolute atomic E-state index is 0.187. The average Bonchev–Trinajstić information content (AvgIpc) is 2.50. The zero-order valence-electron chi connectivity index (χ0n) is 13.4. The molecular weight excluding hydrogens is 288 g/mol. The molecule has 1 aromatic heterocycles. The predicted molar refractivity (Wildman–Crippen MR) is 90.5 cm³/mol. The number of rotatable bonds is 0. The molecule has 0 amide bonds. The van der Waals surface area contributed by atoms with Crippen molar-refractivity contribution >= 4 is 10.9 Å². The fourth-order valence-electron chi connectivity index (χ4n) is 3.45. The van der Waals surface area contributed by atoms with Crippen LogP contribution in [0.15, 0.2) is 41.2 Å². The van der Waals surface area contributed by atoms with Crippen LogP contribution in [0.3, 0.4) is 0 Å². The summed E-state index contributed by atoms with van der Waals surface area (Å²) in [5.74, 6) is 0.544. The largest absolute Gasteiger partial charge is 0.370 e. The molecular formula is C19H18N2O2. The maximum Gasteiger partial charge on any atom is 0.264 e. The van der Waals surface area contributed by atoms with Crippen LogP contribution in [0.5, 0.6) is 0 Å². The molecule has 1 atom stereocenters. The van der Waals surface area contributed by atoms with E-state index in [0.29, 0.717) is 23.1 Å². The molecule has 0 fully saturated rings. The summed E-state index contributed by atoms with van der Waals surface area (Å²) >= 11 is 0. The molecule has 2 heterocycles. The number of fused-ring (bicyclic) bond motifs is 4. The van der Waals surface area contributed by atoms with Crippen LogP contribution in [0, 0.1) is 13.8 Å². The molecule has 3 aromatic rings. The molecule has 0 saturated carbocycles. The van der Waals surface area contributed by atoms with Gasteiger partial charge in [0.15, 0.2) is 0 Å². The Morgan fingerprint density at radius 1 is 1.17 bits per heavy atom. The number of nitrogens with zero attached hydrogens (tertiary/aromatic N) is 2. The van der Waals surface area contributed by atoms with Crippen LogP contribution in [0.2, 0.25) is 0 Å². The van der Waals surface area contributed by atoms with Crippen molar-refractivity contribution in [2.75, 3.05) is 0 Å². The van der Waals surface area contributed by atoms with Crippen LogP contribution in [0.4, 0.5) is 0 Å². The highest BCUT2D eigenvalue weighted by Crippen LogP contribution is 2.35. The molecule has 1 aliphatic rings. The Balaban J connectivity index is 2.22. The van der Waals surface area contributed by atoms with Crippen molar-refractivity contribution in [1.82, 2.24) is 9.55 Å². The summed E-state index contributed by atoms with van der Waals surface area (Å²) in [4.78, 5) is 17.8. The molecule has 1 N–H and O–H groups in total. The maximum atomic E-state index is 13.0. The number of hydrogen-bond acceptors (Lipinski definition) is 3. The summed E-state index contributed by atoms with van der Waals surface area (Å²) in [5.41, 5.74) is 3.28. The maximum absolute atomic E-state index is 13.0. The van der Waals surface area contributed by atoms with Gasteiger partial charge in [-0.2, -0.15) is 0 Å². The molecule has 4 heteroatoms. The fourth-order valence-corrected chi connectivity index (χ4v) is 3.45. The summed E-state index contributed by atoms with van der Waals surface area (Å²) < 4.78 is 1.44. The number of benzene rings is 2. The van der Waals surface area contributed by atoms with Gasteiger partial charge in [0.05, 0.1) is 10.9 Å². The van der Waals surface area contributed by atoms with Gasteiger partial charge in [-0.3, -0.25) is 9.36 Å². The molecule has 0 saturated heterocycles. The zero-order valence-corrected chi connectivity index (χ0v) is 13.4. The highest BCUT2D eigenvalue weighted by Gasteiger charge is 2.35. The molecule has 1 unspecified atom stereocenters. The first-order chi connectivity index (χ1) is 10.9. The van der Waals surface area contributed by atoms with E-state index >= 15 is 0 Å². The second-order valence-corrected chi connectivity index (χ2v) is 6.53. The number of aliphatic hydroxyl groups is 1. The number of aryl methyl sites for hydroxylation is 2. The summed E-state index contributed by atoms with van der Waals surface area (Å²) in [7, 11) is 0. The summed E-state index contributed by atoms with van der Waals surface area (Å²) in [6, 6.07) is 11.5. The van der Waals surface area contributed by atoms with E-state index in [4.69, 9.17) is 4.98 Å². The molecule has 0 spiro atoms.